The molecule has 15 heavy (non-hydrogen) atoms. The summed E-state index contributed by atoms with van der Waals surface area (Å²) in [4.78, 5) is 0. The van der Waals surface area contributed by atoms with E-state index in [0.717, 1.165) is 15.6 Å². The first-order chi connectivity index (χ1) is 7.18. The molecule has 0 aliphatic carbocycles. The molecule has 0 aliphatic rings. The summed E-state index contributed by atoms with van der Waals surface area (Å²) in [6.45, 7) is 0. The molecular formula is C11H8BrClOS. The van der Waals surface area contributed by atoms with Gasteiger partial charge in [-0.1, -0.05) is 17.7 Å². The molecule has 1 heterocycles. The standard InChI is InChI=1S/C11H8BrClOS/c12-9-2-1-7(5-10(9)13)11(14)8-3-4-15-6-8/h1-6,11,14H. The molecule has 1 N–H and O–H groups in total. The zero-order valence-corrected chi connectivity index (χ0v) is 10.8. The Balaban J connectivity index is 2.34. The molecule has 0 bridgehead atoms. The number of benzene rings is 1. The van der Waals surface area contributed by atoms with Crippen molar-refractivity contribution in [2.75, 3.05) is 0 Å². The summed E-state index contributed by atoms with van der Waals surface area (Å²) in [6.07, 6.45) is -0.596. The normalized spacial score (nSPS) is 12.7. The quantitative estimate of drug-likeness (QED) is 0.879. The van der Waals surface area contributed by atoms with E-state index in [1.165, 1.54) is 0 Å². The SMILES string of the molecule is OC(c1ccsc1)c1ccc(Br)c(Cl)c1. The minimum atomic E-state index is -0.596. The fourth-order valence-electron chi connectivity index (χ4n) is 1.31. The Bertz CT molecular complexity index is 456. The molecule has 0 radical (unpaired) electrons. The van der Waals surface area contributed by atoms with Crippen molar-refractivity contribution in [3.8, 4) is 0 Å². The average Bonchev–Trinajstić information content (AvgIpc) is 2.74. The first-order valence-electron chi connectivity index (χ1n) is 4.33. The molecule has 1 aromatic heterocycles. The van der Waals surface area contributed by atoms with E-state index in [9.17, 15) is 5.11 Å². The third kappa shape index (κ3) is 2.42. The minimum absolute atomic E-state index is 0.596. The van der Waals surface area contributed by atoms with Crippen LogP contribution >= 0.6 is 38.9 Å². The van der Waals surface area contributed by atoms with E-state index in [1.54, 1.807) is 17.4 Å². The third-order valence-electron chi connectivity index (χ3n) is 2.12. The number of rotatable bonds is 2. The minimum Gasteiger partial charge on any atom is -0.384 e. The molecule has 1 aromatic carbocycles. The molecule has 1 nitrogen and oxygen atoms in total. The summed E-state index contributed by atoms with van der Waals surface area (Å²) in [5.41, 5.74) is 1.71. The zero-order chi connectivity index (χ0) is 10.8. The number of aliphatic hydroxyl groups is 1. The number of thiophene rings is 1. The Morgan fingerprint density at radius 1 is 1.27 bits per heavy atom. The molecule has 0 aliphatic heterocycles. The van der Waals surface area contributed by atoms with Crippen LogP contribution in [-0.2, 0) is 0 Å². The second kappa shape index (κ2) is 4.66. The van der Waals surface area contributed by atoms with Gasteiger partial charge in [-0.2, -0.15) is 11.3 Å². The van der Waals surface area contributed by atoms with Crippen LogP contribution in [0, 0.1) is 0 Å². The van der Waals surface area contributed by atoms with Gasteiger partial charge in [-0.15, -0.1) is 0 Å². The van der Waals surface area contributed by atoms with Gasteiger partial charge < -0.3 is 5.11 Å². The van der Waals surface area contributed by atoms with Gasteiger partial charge in [0.15, 0.2) is 0 Å². The van der Waals surface area contributed by atoms with Crippen LogP contribution in [0.15, 0.2) is 39.5 Å². The van der Waals surface area contributed by atoms with Gasteiger partial charge in [-0.05, 0) is 56.0 Å². The van der Waals surface area contributed by atoms with Crippen molar-refractivity contribution in [3.63, 3.8) is 0 Å². The van der Waals surface area contributed by atoms with Crippen LogP contribution in [0.3, 0.4) is 0 Å². The summed E-state index contributed by atoms with van der Waals surface area (Å²) in [5.74, 6) is 0. The first-order valence-corrected chi connectivity index (χ1v) is 6.45. The topological polar surface area (TPSA) is 20.2 Å². The van der Waals surface area contributed by atoms with E-state index >= 15 is 0 Å². The molecule has 0 saturated carbocycles. The summed E-state index contributed by atoms with van der Waals surface area (Å²) < 4.78 is 0.838. The van der Waals surface area contributed by atoms with Crippen LogP contribution in [0.2, 0.25) is 5.02 Å². The van der Waals surface area contributed by atoms with Gasteiger partial charge in [0.2, 0.25) is 0 Å². The van der Waals surface area contributed by atoms with Crippen LogP contribution in [0.5, 0.6) is 0 Å². The van der Waals surface area contributed by atoms with Crippen molar-refractivity contribution in [1.82, 2.24) is 0 Å². The highest BCUT2D eigenvalue weighted by molar-refractivity contribution is 9.10. The molecule has 2 aromatic rings. The first kappa shape index (κ1) is 11.1. The van der Waals surface area contributed by atoms with Gasteiger partial charge in [-0.3, -0.25) is 0 Å². The van der Waals surface area contributed by atoms with E-state index in [0.29, 0.717) is 5.02 Å². The Morgan fingerprint density at radius 2 is 2.07 bits per heavy atom. The molecule has 78 valence electrons. The van der Waals surface area contributed by atoms with Gasteiger partial charge in [-0.25, -0.2) is 0 Å². The second-order valence-electron chi connectivity index (χ2n) is 3.13. The molecule has 2 rings (SSSR count). The number of hydrogen-bond acceptors (Lipinski definition) is 2. The van der Waals surface area contributed by atoms with Gasteiger partial charge in [0.05, 0.1) is 5.02 Å². The lowest BCUT2D eigenvalue weighted by molar-refractivity contribution is 0.221. The van der Waals surface area contributed by atoms with E-state index in [4.69, 9.17) is 11.6 Å². The zero-order valence-electron chi connectivity index (χ0n) is 7.65. The third-order valence-corrected chi connectivity index (χ3v) is 4.05. The second-order valence-corrected chi connectivity index (χ2v) is 5.17. The van der Waals surface area contributed by atoms with E-state index in [-0.39, 0.29) is 0 Å². The molecule has 0 amide bonds. The van der Waals surface area contributed by atoms with Crippen LogP contribution in [-0.4, -0.2) is 5.11 Å². The molecule has 4 heteroatoms. The Morgan fingerprint density at radius 3 is 2.67 bits per heavy atom. The largest absolute Gasteiger partial charge is 0.384 e. The van der Waals surface area contributed by atoms with Crippen LogP contribution in [0.4, 0.5) is 0 Å². The highest BCUT2D eigenvalue weighted by Gasteiger charge is 2.11. The monoisotopic (exact) mass is 302 g/mol. The molecule has 1 unspecified atom stereocenters. The van der Waals surface area contributed by atoms with Crippen molar-refractivity contribution < 1.29 is 5.11 Å². The van der Waals surface area contributed by atoms with Gasteiger partial charge in [0.25, 0.3) is 0 Å². The van der Waals surface area contributed by atoms with Crippen LogP contribution in [0.1, 0.15) is 17.2 Å². The number of hydrogen-bond donors (Lipinski definition) is 1. The summed E-state index contributed by atoms with van der Waals surface area (Å²) in [5, 5.41) is 14.5. The van der Waals surface area contributed by atoms with Crippen molar-refractivity contribution in [2.45, 2.75) is 6.10 Å². The molecule has 0 saturated heterocycles. The van der Waals surface area contributed by atoms with Crippen molar-refractivity contribution >= 4 is 38.9 Å². The summed E-state index contributed by atoms with van der Waals surface area (Å²) in [6, 6.07) is 7.38. The highest BCUT2D eigenvalue weighted by Crippen LogP contribution is 2.29. The lowest BCUT2D eigenvalue weighted by Crippen LogP contribution is -1.97. The van der Waals surface area contributed by atoms with Crippen molar-refractivity contribution in [3.05, 3.63) is 55.6 Å². The van der Waals surface area contributed by atoms with Gasteiger partial charge in [0.1, 0.15) is 6.10 Å². The molecule has 0 spiro atoms. The van der Waals surface area contributed by atoms with Crippen LogP contribution in [0.25, 0.3) is 0 Å². The average molecular weight is 304 g/mol. The lowest BCUT2D eigenvalue weighted by atomic mass is 10.0. The molecule has 1 atom stereocenters. The summed E-state index contributed by atoms with van der Waals surface area (Å²) in [7, 11) is 0. The predicted molar refractivity (Wildman–Crippen MR) is 67.5 cm³/mol. The van der Waals surface area contributed by atoms with Crippen LogP contribution < -0.4 is 0 Å². The Hall–Kier alpha value is -0.350. The fraction of sp³-hybridized carbons (Fsp3) is 0.0909. The highest BCUT2D eigenvalue weighted by atomic mass is 79.9. The van der Waals surface area contributed by atoms with Gasteiger partial charge in [0, 0.05) is 4.47 Å². The smallest absolute Gasteiger partial charge is 0.105 e. The fourth-order valence-corrected chi connectivity index (χ4v) is 2.42. The number of halogens is 2. The Kier molecular flexibility index (Phi) is 3.46. The lowest BCUT2D eigenvalue weighted by Gasteiger charge is -2.10. The Labute approximate surface area is 105 Å². The molecule has 0 fully saturated rings. The van der Waals surface area contributed by atoms with E-state index in [2.05, 4.69) is 15.9 Å². The summed E-state index contributed by atoms with van der Waals surface area (Å²) >= 11 is 10.8. The maximum Gasteiger partial charge on any atom is 0.105 e. The predicted octanol–water partition coefficient (Wildman–Crippen LogP) is 4.25. The number of aliphatic hydroxyl groups excluding tert-OH is 1. The van der Waals surface area contributed by atoms with Crippen molar-refractivity contribution in [1.29, 1.82) is 0 Å². The van der Waals surface area contributed by atoms with Crippen molar-refractivity contribution in [2.24, 2.45) is 0 Å². The van der Waals surface area contributed by atoms with E-state index < -0.39 is 6.10 Å². The molecular weight excluding hydrogens is 296 g/mol. The maximum absolute atomic E-state index is 10.0. The maximum atomic E-state index is 10.0. The van der Waals surface area contributed by atoms with E-state index in [1.807, 2.05) is 29.0 Å². The van der Waals surface area contributed by atoms with Gasteiger partial charge >= 0.3 is 0 Å².